The van der Waals surface area contributed by atoms with Crippen molar-refractivity contribution in [3.63, 3.8) is 0 Å². The van der Waals surface area contributed by atoms with Gasteiger partial charge < -0.3 is 10.5 Å². The SMILES string of the molecule is COC(=O)CCc1c(Br)cc(Br)c(N)c1Br. The first-order chi connectivity index (χ1) is 7.47. The minimum Gasteiger partial charge on any atom is -0.469 e. The maximum absolute atomic E-state index is 11.1. The number of carbonyl (C=O) groups excluding carboxylic acids is 1. The summed E-state index contributed by atoms with van der Waals surface area (Å²) in [7, 11) is 1.38. The van der Waals surface area contributed by atoms with Crippen molar-refractivity contribution in [2.75, 3.05) is 12.8 Å². The molecule has 0 spiro atoms. The maximum Gasteiger partial charge on any atom is 0.305 e. The Labute approximate surface area is 119 Å². The summed E-state index contributed by atoms with van der Waals surface area (Å²) >= 11 is 10.2. The van der Waals surface area contributed by atoms with Crippen LogP contribution in [0.1, 0.15) is 12.0 Å². The molecular formula is C10H10Br3NO2. The van der Waals surface area contributed by atoms with Gasteiger partial charge in [0.05, 0.1) is 12.8 Å². The first-order valence-electron chi connectivity index (χ1n) is 4.46. The zero-order valence-electron chi connectivity index (χ0n) is 8.52. The van der Waals surface area contributed by atoms with Gasteiger partial charge in [0.25, 0.3) is 0 Å². The fraction of sp³-hybridized carbons (Fsp3) is 0.300. The van der Waals surface area contributed by atoms with Gasteiger partial charge in [0, 0.05) is 19.8 Å². The molecule has 0 saturated carbocycles. The summed E-state index contributed by atoms with van der Waals surface area (Å²) in [4.78, 5) is 11.1. The van der Waals surface area contributed by atoms with Gasteiger partial charge in [-0.2, -0.15) is 0 Å². The number of halogens is 3. The summed E-state index contributed by atoms with van der Waals surface area (Å²) < 4.78 is 7.12. The van der Waals surface area contributed by atoms with Crippen LogP contribution in [0.15, 0.2) is 19.5 Å². The molecule has 0 unspecified atom stereocenters. The monoisotopic (exact) mass is 413 g/mol. The lowest BCUT2D eigenvalue weighted by Crippen LogP contribution is -2.04. The molecule has 88 valence electrons. The molecule has 0 amide bonds. The van der Waals surface area contributed by atoms with Crippen LogP contribution in [0.25, 0.3) is 0 Å². The Bertz CT molecular complexity index is 421. The average molecular weight is 416 g/mol. The molecule has 16 heavy (non-hydrogen) atoms. The van der Waals surface area contributed by atoms with E-state index in [-0.39, 0.29) is 5.97 Å². The maximum atomic E-state index is 11.1. The number of rotatable bonds is 3. The van der Waals surface area contributed by atoms with Crippen molar-refractivity contribution in [1.82, 2.24) is 0 Å². The van der Waals surface area contributed by atoms with Crippen molar-refractivity contribution in [3.05, 3.63) is 25.0 Å². The van der Waals surface area contributed by atoms with Crippen LogP contribution >= 0.6 is 47.8 Å². The molecule has 0 aromatic heterocycles. The fourth-order valence-electron chi connectivity index (χ4n) is 1.21. The highest BCUT2D eigenvalue weighted by atomic mass is 79.9. The minimum absolute atomic E-state index is 0.236. The van der Waals surface area contributed by atoms with Gasteiger partial charge in [-0.05, 0) is 49.9 Å². The number of hydrogen-bond acceptors (Lipinski definition) is 3. The quantitative estimate of drug-likeness (QED) is 0.605. The smallest absolute Gasteiger partial charge is 0.305 e. The van der Waals surface area contributed by atoms with Crippen molar-refractivity contribution in [3.8, 4) is 0 Å². The highest BCUT2D eigenvalue weighted by Gasteiger charge is 2.13. The van der Waals surface area contributed by atoms with Crippen molar-refractivity contribution < 1.29 is 9.53 Å². The lowest BCUT2D eigenvalue weighted by Gasteiger charge is -2.11. The van der Waals surface area contributed by atoms with Crippen LogP contribution in [0.4, 0.5) is 5.69 Å². The number of anilines is 1. The second-order valence-electron chi connectivity index (χ2n) is 3.12. The Balaban J connectivity index is 2.96. The normalized spacial score (nSPS) is 10.2. The van der Waals surface area contributed by atoms with Gasteiger partial charge in [0.15, 0.2) is 0 Å². The van der Waals surface area contributed by atoms with Crippen LogP contribution < -0.4 is 5.73 Å². The molecule has 2 N–H and O–H groups in total. The second kappa shape index (κ2) is 6.02. The molecule has 0 heterocycles. The van der Waals surface area contributed by atoms with E-state index >= 15 is 0 Å². The topological polar surface area (TPSA) is 52.3 Å². The summed E-state index contributed by atoms with van der Waals surface area (Å²) in [5.74, 6) is -0.236. The number of nitrogen functional groups attached to an aromatic ring is 1. The van der Waals surface area contributed by atoms with Crippen LogP contribution in [0.5, 0.6) is 0 Å². The van der Waals surface area contributed by atoms with E-state index in [1.54, 1.807) is 0 Å². The average Bonchev–Trinajstić information content (AvgIpc) is 2.25. The second-order valence-corrected chi connectivity index (χ2v) is 5.62. The number of methoxy groups -OCH3 is 1. The molecule has 0 fully saturated rings. The third-order valence-corrected chi connectivity index (χ3v) is 4.38. The summed E-state index contributed by atoms with van der Waals surface area (Å²) in [5, 5.41) is 0. The van der Waals surface area contributed by atoms with Gasteiger partial charge in [0.2, 0.25) is 0 Å². The molecule has 0 radical (unpaired) electrons. The molecule has 6 heteroatoms. The highest BCUT2D eigenvalue weighted by molar-refractivity contribution is 9.11. The first-order valence-corrected chi connectivity index (χ1v) is 6.84. The van der Waals surface area contributed by atoms with E-state index in [1.165, 1.54) is 7.11 Å². The summed E-state index contributed by atoms with van der Waals surface area (Å²) in [6.07, 6.45) is 0.903. The predicted octanol–water partition coefficient (Wildman–Crippen LogP) is 3.66. The number of carbonyl (C=O) groups is 1. The van der Waals surface area contributed by atoms with Gasteiger partial charge in [-0.25, -0.2) is 0 Å². The van der Waals surface area contributed by atoms with E-state index in [1.807, 2.05) is 6.07 Å². The molecule has 0 aliphatic carbocycles. The molecule has 0 atom stereocenters. The molecular weight excluding hydrogens is 406 g/mol. The Morgan fingerprint density at radius 3 is 2.56 bits per heavy atom. The minimum atomic E-state index is -0.236. The van der Waals surface area contributed by atoms with Gasteiger partial charge in [0.1, 0.15) is 0 Å². The molecule has 3 nitrogen and oxygen atoms in total. The molecule has 0 aliphatic rings. The third-order valence-electron chi connectivity index (χ3n) is 2.11. The number of esters is 1. The molecule has 1 aromatic rings. The number of ether oxygens (including phenoxy) is 1. The van der Waals surface area contributed by atoms with E-state index in [0.717, 1.165) is 19.0 Å². The van der Waals surface area contributed by atoms with Crippen LogP contribution in [-0.4, -0.2) is 13.1 Å². The third kappa shape index (κ3) is 3.21. The molecule has 0 bridgehead atoms. The summed E-state index contributed by atoms with van der Waals surface area (Å²) in [6, 6.07) is 1.87. The summed E-state index contributed by atoms with van der Waals surface area (Å²) in [5.41, 5.74) is 7.45. The van der Waals surface area contributed by atoms with Crippen LogP contribution in [0, 0.1) is 0 Å². The van der Waals surface area contributed by atoms with Crippen LogP contribution in [-0.2, 0) is 16.0 Å². The molecule has 0 aliphatic heterocycles. The fourth-order valence-corrected chi connectivity index (χ4v) is 3.72. The van der Waals surface area contributed by atoms with Gasteiger partial charge in [-0.15, -0.1) is 0 Å². The molecule has 0 saturated heterocycles. The molecule has 1 aromatic carbocycles. The first kappa shape index (κ1) is 14.0. The summed E-state index contributed by atoms with van der Waals surface area (Å²) in [6.45, 7) is 0. The Hall–Kier alpha value is -0.0700. The van der Waals surface area contributed by atoms with E-state index in [9.17, 15) is 4.79 Å². The van der Waals surface area contributed by atoms with Crippen molar-refractivity contribution in [1.29, 1.82) is 0 Å². The van der Waals surface area contributed by atoms with Gasteiger partial charge in [-0.1, -0.05) is 15.9 Å². The lowest BCUT2D eigenvalue weighted by molar-refractivity contribution is -0.140. The lowest BCUT2D eigenvalue weighted by atomic mass is 10.1. The number of nitrogens with two attached hydrogens (primary N) is 1. The van der Waals surface area contributed by atoms with Crippen LogP contribution in [0.3, 0.4) is 0 Å². The Kier molecular flexibility index (Phi) is 5.27. The van der Waals surface area contributed by atoms with E-state index in [4.69, 9.17) is 5.73 Å². The molecule has 1 rings (SSSR count). The van der Waals surface area contributed by atoms with Crippen molar-refractivity contribution in [2.45, 2.75) is 12.8 Å². The van der Waals surface area contributed by atoms with E-state index < -0.39 is 0 Å². The van der Waals surface area contributed by atoms with E-state index in [2.05, 4.69) is 52.5 Å². The zero-order valence-corrected chi connectivity index (χ0v) is 13.3. The van der Waals surface area contributed by atoms with Gasteiger partial charge in [-0.3, -0.25) is 4.79 Å². The zero-order chi connectivity index (χ0) is 12.3. The number of benzene rings is 1. The van der Waals surface area contributed by atoms with Crippen molar-refractivity contribution >= 4 is 59.4 Å². The van der Waals surface area contributed by atoms with Gasteiger partial charge >= 0.3 is 5.97 Å². The largest absolute Gasteiger partial charge is 0.469 e. The standard InChI is InChI=1S/C10H10Br3NO2/c1-16-8(15)3-2-5-6(11)4-7(12)10(14)9(5)13/h4H,2-3,14H2,1H3. The Morgan fingerprint density at radius 1 is 1.38 bits per heavy atom. The number of hydrogen-bond donors (Lipinski definition) is 1. The highest BCUT2D eigenvalue weighted by Crippen LogP contribution is 2.37. The van der Waals surface area contributed by atoms with E-state index in [0.29, 0.717) is 18.5 Å². The predicted molar refractivity (Wildman–Crippen MR) is 74.3 cm³/mol. The Morgan fingerprint density at radius 2 is 2.00 bits per heavy atom. The van der Waals surface area contributed by atoms with Crippen molar-refractivity contribution in [2.24, 2.45) is 0 Å². The van der Waals surface area contributed by atoms with Crippen LogP contribution in [0.2, 0.25) is 0 Å².